The molecule has 61 heavy (non-hydrogen) atoms. The number of piperidine rings is 1. The van der Waals surface area contributed by atoms with Crippen molar-refractivity contribution in [2.75, 3.05) is 40.4 Å². The Kier molecular flexibility index (Phi) is 12.1. The summed E-state index contributed by atoms with van der Waals surface area (Å²) in [6, 6.07) is 14.1. The topological polar surface area (TPSA) is 256 Å². The zero-order chi connectivity index (χ0) is 43.4. The number of carbonyl (C=O) groups excluding carboxylic acids is 8. The molecule has 0 bridgehead atoms. The highest BCUT2D eigenvalue weighted by molar-refractivity contribution is 6.24. The summed E-state index contributed by atoms with van der Waals surface area (Å²) in [7, 11) is 3.15. The van der Waals surface area contributed by atoms with Crippen molar-refractivity contribution in [3.05, 3.63) is 94.2 Å². The van der Waals surface area contributed by atoms with Gasteiger partial charge in [0.15, 0.2) is 24.7 Å². The van der Waals surface area contributed by atoms with Crippen LogP contribution in [0.3, 0.4) is 0 Å². The van der Waals surface area contributed by atoms with Gasteiger partial charge in [0.05, 0.1) is 22.7 Å². The van der Waals surface area contributed by atoms with Crippen LogP contribution in [0.2, 0.25) is 0 Å². The van der Waals surface area contributed by atoms with E-state index < -0.39 is 54.0 Å². The molecule has 2 atom stereocenters. The van der Waals surface area contributed by atoms with E-state index in [1.54, 1.807) is 32.3 Å². The molecule has 8 amide bonds. The molecule has 3 aliphatic rings. The van der Waals surface area contributed by atoms with Gasteiger partial charge in [-0.2, -0.15) is 0 Å². The second kappa shape index (κ2) is 17.7. The normalized spacial score (nSPS) is 16.7. The monoisotopic (exact) mass is 835 g/mol. The summed E-state index contributed by atoms with van der Waals surface area (Å²) in [5.41, 5.74) is 2.40. The van der Waals surface area contributed by atoms with Crippen LogP contribution < -0.4 is 30.7 Å². The van der Waals surface area contributed by atoms with Gasteiger partial charge in [0.2, 0.25) is 11.8 Å². The Bertz CT molecular complexity index is 2460. The van der Waals surface area contributed by atoms with E-state index in [9.17, 15) is 43.5 Å². The smallest absolute Gasteiger partial charge is 0.273 e. The largest absolute Gasteiger partial charge is 0.507 e. The van der Waals surface area contributed by atoms with Gasteiger partial charge < -0.3 is 40.0 Å². The molecule has 1 unspecified atom stereocenters. The number of aryl methyl sites for hydroxylation is 1. The molecule has 3 aromatic carbocycles. The Morgan fingerprint density at radius 2 is 1.66 bits per heavy atom. The second-order valence-electron chi connectivity index (χ2n) is 14.7. The molecule has 3 heterocycles. The fraction of sp³-hybridized carbons (Fsp3) is 0.310. The lowest BCUT2D eigenvalue weighted by Crippen LogP contribution is -2.54. The number of hydrogen-bond donors (Lipinski definition) is 5. The minimum atomic E-state index is -1.14. The van der Waals surface area contributed by atoms with Crippen molar-refractivity contribution in [1.82, 2.24) is 36.2 Å². The Hall–Kier alpha value is -7.57. The Morgan fingerprint density at radius 1 is 0.902 bits per heavy atom. The summed E-state index contributed by atoms with van der Waals surface area (Å²) < 4.78 is 16.7. The van der Waals surface area contributed by atoms with Gasteiger partial charge in [0.25, 0.3) is 35.4 Å². The lowest BCUT2D eigenvalue weighted by Gasteiger charge is -2.27. The fourth-order valence-electron chi connectivity index (χ4n) is 7.22. The number of phenols is 1. The average molecular weight is 836 g/mol. The third-order valence-electron chi connectivity index (χ3n) is 10.3. The van der Waals surface area contributed by atoms with Crippen LogP contribution in [-0.4, -0.2) is 114 Å². The van der Waals surface area contributed by atoms with Crippen LogP contribution in [-0.2, 0) is 25.6 Å². The third-order valence-corrected chi connectivity index (χ3v) is 10.3. The van der Waals surface area contributed by atoms with Gasteiger partial charge in [-0.15, -0.1) is 0 Å². The van der Waals surface area contributed by atoms with Gasteiger partial charge in [-0.05, 0) is 73.2 Å². The molecule has 1 aromatic heterocycles. The molecule has 1 saturated heterocycles. The second-order valence-corrected chi connectivity index (χ2v) is 14.7. The van der Waals surface area contributed by atoms with Crippen LogP contribution in [0, 0.1) is 0 Å². The number of ether oxygens (including phenoxy) is 2. The van der Waals surface area contributed by atoms with Crippen molar-refractivity contribution in [1.29, 1.82) is 0 Å². The number of nitrogens with one attached hydrogen (secondary N) is 4. The standard InChI is InChI=1S/C42H41N7O12/c1-48(2)40(56)25-11-8-23(17-31(25)50)33-19-29(47-61-33)38(54)45-28-12-9-22-7-10-24(18-27(22)28)59-20-35(52)43-15-4-16-44-36(53)21-60-32-6-3-5-26-37(32)42(58)49(41(26)57)30-13-14-34(51)46-39(30)55/h3,5-8,10-11,17-19,28,30,50H,4,9,12-16,20-21H2,1-2H3,(H,43,52)(H,44,53)(H,45,54)(H,46,51,55)/t28-,30?/m1/s1. The summed E-state index contributed by atoms with van der Waals surface area (Å²) in [6.07, 6.45) is 1.72. The number of aromatic hydroxyl groups is 1. The highest BCUT2D eigenvalue weighted by Gasteiger charge is 2.46. The van der Waals surface area contributed by atoms with Crippen molar-refractivity contribution >= 4 is 47.3 Å². The third kappa shape index (κ3) is 9.04. The number of nitrogens with zero attached hydrogens (tertiary/aromatic N) is 3. The SMILES string of the molecule is CN(C)C(=O)c1ccc(-c2cc(C(=O)N[C@@H]3CCc4ccc(OCC(=O)NCCCNC(=O)COc5cccc6c5C(=O)N(C5CCC(=O)NC5=O)C6=O)cc43)no2)cc1O. The average Bonchev–Trinajstić information content (AvgIpc) is 3.96. The van der Waals surface area contributed by atoms with Gasteiger partial charge in [-0.3, -0.25) is 48.6 Å². The molecule has 5 N–H and O–H groups in total. The van der Waals surface area contributed by atoms with Crippen LogP contribution in [0.4, 0.5) is 0 Å². The lowest BCUT2D eigenvalue weighted by atomic mass is 10.0. The van der Waals surface area contributed by atoms with E-state index in [4.69, 9.17) is 14.0 Å². The lowest BCUT2D eigenvalue weighted by molar-refractivity contribution is -0.136. The number of amides is 8. The van der Waals surface area contributed by atoms with Gasteiger partial charge in [-0.25, -0.2) is 0 Å². The van der Waals surface area contributed by atoms with Gasteiger partial charge >= 0.3 is 0 Å². The molecule has 19 heteroatoms. The minimum Gasteiger partial charge on any atom is -0.507 e. The van der Waals surface area contributed by atoms with Gasteiger partial charge in [0.1, 0.15) is 23.3 Å². The Morgan fingerprint density at radius 3 is 2.38 bits per heavy atom. The molecule has 0 spiro atoms. The first-order valence-corrected chi connectivity index (χ1v) is 19.4. The first-order valence-electron chi connectivity index (χ1n) is 19.4. The van der Waals surface area contributed by atoms with E-state index in [-0.39, 0.29) is 84.1 Å². The first-order chi connectivity index (χ1) is 29.3. The number of fused-ring (bicyclic) bond motifs is 2. The van der Waals surface area contributed by atoms with E-state index in [1.807, 2.05) is 6.07 Å². The molecule has 7 rings (SSSR count). The van der Waals surface area contributed by atoms with Gasteiger partial charge in [-0.1, -0.05) is 23.4 Å². The molecular formula is C42H41N7O12. The van der Waals surface area contributed by atoms with Crippen molar-refractivity contribution in [2.45, 2.75) is 44.2 Å². The van der Waals surface area contributed by atoms with Crippen molar-refractivity contribution in [2.24, 2.45) is 0 Å². The van der Waals surface area contributed by atoms with E-state index in [1.165, 1.54) is 41.3 Å². The molecule has 0 radical (unpaired) electrons. The van der Waals surface area contributed by atoms with Crippen molar-refractivity contribution in [3.63, 3.8) is 0 Å². The van der Waals surface area contributed by atoms with Gasteiger partial charge in [0, 0.05) is 45.2 Å². The Balaban J connectivity index is 0.822. The van der Waals surface area contributed by atoms with Crippen molar-refractivity contribution < 1.29 is 57.5 Å². The summed E-state index contributed by atoms with van der Waals surface area (Å²) in [5, 5.41) is 24.8. The zero-order valence-corrected chi connectivity index (χ0v) is 33.1. The van der Waals surface area contributed by atoms with E-state index in [0.717, 1.165) is 16.0 Å². The summed E-state index contributed by atoms with van der Waals surface area (Å²) in [5.74, 6) is -3.97. The minimum absolute atomic E-state index is 0.000263. The molecule has 316 valence electrons. The number of benzene rings is 3. The Labute approximate surface area is 347 Å². The predicted molar refractivity (Wildman–Crippen MR) is 211 cm³/mol. The zero-order valence-electron chi connectivity index (χ0n) is 33.1. The molecule has 1 fully saturated rings. The van der Waals surface area contributed by atoms with E-state index in [2.05, 4.69) is 26.4 Å². The maximum atomic E-state index is 13.2. The number of imide groups is 2. The molecule has 2 aliphatic heterocycles. The highest BCUT2D eigenvalue weighted by Crippen LogP contribution is 2.36. The predicted octanol–water partition coefficient (Wildman–Crippen LogP) is 1.65. The number of hydrogen-bond acceptors (Lipinski definition) is 13. The van der Waals surface area contributed by atoms with Crippen LogP contribution in [0.15, 0.2) is 65.2 Å². The van der Waals surface area contributed by atoms with E-state index in [0.29, 0.717) is 30.6 Å². The fourth-order valence-corrected chi connectivity index (χ4v) is 7.22. The van der Waals surface area contributed by atoms with Crippen LogP contribution in [0.1, 0.15) is 84.4 Å². The van der Waals surface area contributed by atoms with Crippen LogP contribution >= 0.6 is 0 Å². The molecule has 4 aromatic rings. The van der Waals surface area contributed by atoms with E-state index >= 15 is 0 Å². The summed E-state index contributed by atoms with van der Waals surface area (Å²) >= 11 is 0. The number of aromatic nitrogens is 1. The number of phenolic OH excluding ortho intramolecular Hbond substituents is 1. The highest BCUT2D eigenvalue weighted by atomic mass is 16.5. The van der Waals surface area contributed by atoms with Crippen LogP contribution in [0.25, 0.3) is 11.3 Å². The maximum absolute atomic E-state index is 13.2. The molecule has 0 saturated carbocycles. The summed E-state index contributed by atoms with van der Waals surface area (Å²) in [6.45, 7) is -0.318. The van der Waals surface area contributed by atoms with Crippen LogP contribution in [0.5, 0.6) is 17.2 Å². The molecule has 19 nitrogen and oxygen atoms in total. The first kappa shape index (κ1) is 41.6. The summed E-state index contributed by atoms with van der Waals surface area (Å²) in [4.78, 5) is 103. The maximum Gasteiger partial charge on any atom is 0.273 e. The molecule has 1 aliphatic carbocycles. The quantitative estimate of drug-likeness (QED) is 0.0845. The number of rotatable bonds is 15. The van der Waals surface area contributed by atoms with Crippen molar-refractivity contribution in [3.8, 4) is 28.6 Å². The number of carbonyl (C=O) groups is 8. The molecular weight excluding hydrogens is 794 g/mol.